The van der Waals surface area contributed by atoms with Gasteiger partial charge in [0.25, 0.3) is 0 Å². The molecule has 7 heteroatoms. The molecule has 7 nitrogen and oxygen atoms in total. The van der Waals surface area contributed by atoms with Gasteiger partial charge in [-0.3, -0.25) is 16.5 Å². The van der Waals surface area contributed by atoms with Crippen LogP contribution in [0.25, 0.3) is 0 Å². The lowest BCUT2D eigenvalue weighted by molar-refractivity contribution is -0.118. The lowest BCUT2D eigenvalue weighted by Gasteiger charge is -2.29. The molecule has 0 aromatic heterocycles. The standard InChI is InChI=1S/C10H16O.2C2N2.H4N2/c1-7-5-10(3,4)6-9(11)8(7)2;2*3-1-2-4;1-2/h5-6H2,1-4H3;;;1-2H2. The molecular formula is C14H20N6O. The fourth-order valence-electron chi connectivity index (χ4n) is 1.72. The number of nitrogens with zero attached hydrogens (tertiary/aromatic N) is 4. The highest BCUT2D eigenvalue weighted by Gasteiger charge is 2.28. The van der Waals surface area contributed by atoms with Crippen molar-refractivity contribution in [3.8, 4) is 24.3 Å². The Hall–Kier alpha value is -2.71. The van der Waals surface area contributed by atoms with Crippen molar-refractivity contribution in [3.63, 3.8) is 0 Å². The smallest absolute Gasteiger partial charge is 0.181 e. The number of hydrazine groups is 1. The number of nitriles is 4. The van der Waals surface area contributed by atoms with Crippen LogP contribution in [-0.4, -0.2) is 5.78 Å². The maximum absolute atomic E-state index is 11.4. The molecule has 0 aromatic rings. The van der Waals surface area contributed by atoms with E-state index in [0.717, 1.165) is 18.4 Å². The van der Waals surface area contributed by atoms with Crippen LogP contribution in [0.15, 0.2) is 11.1 Å². The Morgan fingerprint density at radius 1 is 0.905 bits per heavy atom. The van der Waals surface area contributed by atoms with Gasteiger partial charge in [-0.1, -0.05) is 19.4 Å². The van der Waals surface area contributed by atoms with Gasteiger partial charge in [0.15, 0.2) is 30.1 Å². The van der Waals surface area contributed by atoms with Crippen molar-refractivity contribution >= 4 is 5.78 Å². The maximum Gasteiger partial charge on any atom is 0.181 e. The lowest BCUT2D eigenvalue weighted by Crippen LogP contribution is -2.23. The zero-order valence-electron chi connectivity index (χ0n) is 12.8. The Labute approximate surface area is 125 Å². The third kappa shape index (κ3) is 13.5. The Bertz CT molecular complexity index is 472. The minimum Gasteiger partial charge on any atom is -0.295 e. The predicted molar refractivity (Wildman–Crippen MR) is 77.2 cm³/mol. The number of nitrogens with two attached hydrogens (primary N) is 2. The average molecular weight is 288 g/mol. The molecule has 0 aromatic carbocycles. The molecule has 0 bridgehead atoms. The molecular weight excluding hydrogens is 268 g/mol. The summed E-state index contributed by atoms with van der Waals surface area (Å²) in [5, 5.41) is 29.1. The van der Waals surface area contributed by atoms with Gasteiger partial charge in [-0.15, -0.1) is 0 Å². The molecule has 1 aliphatic carbocycles. The van der Waals surface area contributed by atoms with Crippen molar-refractivity contribution in [1.29, 1.82) is 21.0 Å². The van der Waals surface area contributed by atoms with Crippen molar-refractivity contribution in [2.45, 2.75) is 40.5 Å². The van der Waals surface area contributed by atoms with Gasteiger partial charge in [0.05, 0.1) is 0 Å². The van der Waals surface area contributed by atoms with E-state index < -0.39 is 0 Å². The molecule has 21 heavy (non-hydrogen) atoms. The summed E-state index contributed by atoms with van der Waals surface area (Å²) in [4.78, 5) is 11.4. The molecule has 0 atom stereocenters. The molecule has 0 saturated heterocycles. The molecule has 0 heterocycles. The number of ketones is 1. The summed E-state index contributed by atoms with van der Waals surface area (Å²) in [5.41, 5.74) is 2.45. The molecule has 1 rings (SSSR count). The fourth-order valence-corrected chi connectivity index (χ4v) is 1.72. The van der Waals surface area contributed by atoms with Gasteiger partial charge in [-0.25, -0.2) is 0 Å². The molecule has 0 saturated carbocycles. The SMILES string of the molecule is CC1=C(C)C(=O)CC(C)(C)C1.N#CC#N.N#CC#N.NN. The van der Waals surface area contributed by atoms with Crippen LogP contribution in [0.5, 0.6) is 0 Å². The number of hydrogen-bond donors (Lipinski definition) is 2. The Morgan fingerprint density at radius 3 is 1.48 bits per heavy atom. The van der Waals surface area contributed by atoms with Crippen LogP contribution in [0.3, 0.4) is 0 Å². The van der Waals surface area contributed by atoms with Gasteiger partial charge in [0, 0.05) is 6.42 Å². The molecule has 0 aliphatic heterocycles. The van der Waals surface area contributed by atoms with Crippen LogP contribution in [-0.2, 0) is 4.79 Å². The van der Waals surface area contributed by atoms with E-state index in [1.165, 1.54) is 29.8 Å². The molecule has 0 amide bonds. The van der Waals surface area contributed by atoms with Crippen LogP contribution in [0.4, 0.5) is 0 Å². The number of rotatable bonds is 0. The van der Waals surface area contributed by atoms with Crippen LogP contribution in [0.2, 0.25) is 0 Å². The topological polar surface area (TPSA) is 164 Å². The van der Waals surface area contributed by atoms with E-state index in [9.17, 15) is 4.79 Å². The summed E-state index contributed by atoms with van der Waals surface area (Å²) in [6.07, 6.45) is 1.79. The summed E-state index contributed by atoms with van der Waals surface area (Å²) in [5.74, 6) is 8.33. The Morgan fingerprint density at radius 2 is 1.24 bits per heavy atom. The van der Waals surface area contributed by atoms with E-state index in [0.29, 0.717) is 5.78 Å². The first kappa shape index (κ1) is 23.4. The molecule has 4 N–H and O–H groups in total. The largest absolute Gasteiger partial charge is 0.295 e. The number of hydrogen-bond acceptors (Lipinski definition) is 7. The van der Waals surface area contributed by atoms with E-state index in [2.05, 4.69) is 32.5 Å². The summed E-state index contributed by atoms with van der Waals surface area (Å²) in [6.45, 7) is 8.31. The Balaban J connectivity index is -0.000000271. The average Bonchev–Trinajstić information content (AvgIpc) is 2.46. The zero-order valence-corrected chi connectivity index (χ0v) is 12.8. The second kappa shape index (κ2) is 13.7. The summed E-state index contributed by atoms with van der Waals surface area (Å²) in [7, 11) is 0. The minimum absolute atomic E-state index is 0.195. The third-order valence-corrected chi connectivity index (χ3v) is 2.54. The lowest BCUT2D eigenvalue weighted by atomic mass is 9.74. The highest BCUT2D eigenvalue weighted by molar-refractivity contribution is 5.96. The van der Waals surface area contributed by atoms with Gasteiger partial charge in [-0.05, 0) is 31.3 Å². The molecule has 0 unspecified atom stereocenters. The number of allylic oxidation sites excluding steroid dienone is 2. The first-order valence-electron chi connectivity index (χ1n) is 5.85. The molecule has 112 valence electrons. The molecule has 0 radical (unpaired) electrons. The van der Waals surface area contributed by atoms with E-state index in [1.807, 2.05) is 6.92 Å². The van der Waals surface area contributed by atoms with Crippen LogP contribution < -0.4 is 11.7 Å². The fraction of sp³-hybridized carbons (Fsp3) is 0.500. The quantitative estimate of drug-likeness (QED) is 0.504. The van der Waals surface area contributed by atoms with Gasteiger partial charge in [0.1, 0.15) is 0 Å². The highest BCUT2D eigenvalue weighted by Crippen LogP contribution is 2.36. The first-order valence-corrected chi connectivity index (χ1v) is 5.85. The van der Waals surface area contributed by atoms with Gasteiger partial charge >= 0.3 is 0 Å². The first-order chi connectivity index (χ1) is 9.75. The highest BCUT2D eigenvalue weighted by atomic mass is 16.1. The van der Waals surface area contributed by atoms with Crippen molar-refractivity contribution in [3.05, 3.63) is 11.1 Å². The summed E-state index contributed by atoms with van der Waals surface area (Å²) in [6, 6.07) is 4.94. The van der Waals surface area contributed by atoms with Crippen molar-refractivity contribution in [2.75, 3.05) is 0 Å². The van der Waals surface area contributed by atoms with Crippen molar-refractivity contribution < 1.29 is 4.79 Å². The third-order valence-electron chi connectivity index (χ3n) is 2.54. The monoisotopic (exact) mass is 288 g/mol. The predicted octanol–water partition coefficient (Wildman–Crippen LogP) is 1.60. The van der Waals surface area contributed by atoms with Crippen LogP contribution in [0, 0.1) is 50.7 Å². The van der Waals surface area contributed by atoms with E-state index in [4.69, 9.17) is 21.0 Å². The van der Waals surface area contributed by atoms with Crippen molar-refractivity contribution in [1.82, 2.24) is 0 Å². The molecule has 0 spiro atoms. The maximum atomic E-state index is 11.4. The zero-order chi connectivity index (χ0) is 17.5. The van der Waals surface area contributed by atoms with Gasteiger partial charge in [0.2, 0.25) is 0 Å². The number of Topliss-reactive ketones (excluding diaryl/α,β-unsaturated/α-hetero) is 1. The number of carbonyl (C=O) groups excluding carboxylic acids is 1. The number of carbonyl (C=O) groups is 1. The summed E-state index contributed by atoms with van der Waals surface area (Å²) >= 11 is 0. The second-order valence-electron chi connectivity index (χ2n) is 4.79. The van der Waals surface area contributed by atoms with Gasteiger partial charge in [-0.2, -0.15) is 21.0 Å². The second-order valence-corrected chi connectivity index (χ2v) is 4.79. The molecule has 0 fully saturated rings. The van der Waals surface area contributed by atoms with E-state index in [-0.39, 0.29) is 5.41 Å². The van der Waals surface area contributed by atoms with Crippen LogP contribution >= 0.6 is 0 Å². The normalized spacial score (nSPS) is 13.9. The van der Waals surface area contributed by atoms with Crippen LogP contribution in [0.1, 0.15) is 40.5 Å². The minimum atomic E-state index is 0.195. The van der Waals surface area contributed by atoms with E-state index in [1.54, 1.807) is 0 Å². The van der Waals surface area contributed by atoms with E-state index >= 15 is 0 Å². The van der Waals surface area contributed by atoms with Gasteiger partial charge < -0.3 is 0 Å². The van der Waals surface area contributed by atoms with Crippen molar-refractivity contribution in [2.24, 2.45) is 17.1 Å². The summed E-state index contributed by atoms with van der Waals surface area (Å²) < 4.78 is 0. The Kier molecular flexibility index (Phi) is 15.3. The molecule has 1 aliphatic rings.